The number of aryl methyl sites for hydroxylation is 2. The Morgan fingerprint density at radius 1 is 1.26 bits per heavy atom. The van der Waals surface area contributed by atoms with E-state index in [0.717, 1.165) is 17.0 Å². The Labute approximate surface area is 137 Å². The van der Waals surface area contributed by atoms with Gasteiger partial charge in [-0.3, -0.25) is 4.79 Å². The van der Waals surface area contributed by atoms with Gasteiger partial charge < -0.3 is 0 Å². The zero-order chi connectivity index (χ0) is 16.4. The molecule has 7 nitrogen and oxygen atoms in total. The van der Waals surface area contributed by atoms with Crippen LogP contribution in [0.15, 0.2) is 35.4 Å². The molecule has 116 valence electrons. The molecule has 1 N–H and O–H groups in total. The van der Waals surface area contributed by atoms with E-state index in [0.29, 0.717) is 10.8 Å². The van der Waals surface area contributed by atoms with Gasteiger partial charge >= 0.3 is 5.91 Å². The first-order chi connectivity index (χ1) is 11.0. The molecule has 0 bridgehead atoms. The number of nitrogens with one attached hydrogen (secondary N) is 1. The molecule has 0 aliphatic heterocycles. The molecule has 0 spiro atoms. The molecular weight excluding hydrogens is 316 g/mol. The minimum Gasteiger partial charge on any atom is -0.264 e. The summed E-state index contributed by atoms with van der Waals surface area (Å²) in [4.78, 5) is 20.4. The standard InChI is InChI=1S/C15H13ClN6O/c1-9-7-10(2)22-15(18-9)19-13(21-22)14(23)20-17-8-11-3-5-12(16)6-4-11/h3-8H,1-2H3,(H,20,23)/b17-8+. The highest BCUT2D eigenvalue weighted by Gasteiger charge is 2.14. The molecule has 1 aromatic carbocycles. The number of carbonyl (C=O) groups excluding carboxylic acids is 1. The normalized spacial score (nSPS) is 11.3. The monoisotopic (exact) mass is 328 g/mol. The maximum absolute atomic E-state index is 12.0. The summed E-state index contributed by atoms with van der Waals surface area (Å²) < 4.78 is 1.52. The van der Waals surface area contributed by atoms with Gasteiger partial charge in [-0.2, -0.15) is 10.1 Å². The fraction of sp³-hybridized carbons (Fsp3) is 0.133. The number of benzene rings is 1. The van der Waals surface area contributed by atoms with Crippen LogP contribution in [-0.2, 0) is 0 Å². The van der Waals surface area contributed by atoms with Gasteiger partial charge in [0, 0.05) is 16.4 Å². The van der Waals surface area contributed by atoms with Crippen molar-refractivity contribution in [3.05, 3.63) is 58.1 Å². The lowest BCUT2D eigenvalue weighted by Gasteiger charge is -1.97. The molecule has 0 aliphatic carbocycles. The van der Waals surface area contributed by atoms with Gasteiger partial charge in [0.1, 0.15) is 0 Å². The van der Waals surface area contributed by atoms with Crippen LogP contribution in [0.2, 0.25) is 5.02 Å². The second kappa shape index (κ2) is 6.13. The number of amides is 1. The van der Waals surface area contributed by atoms with Crippen molar-refractivity contribution >= 4 is 29.5 Å². The van der Waals surface area contributed by atoms with Crippen LogP contribution in [0.1, 0.15) is 27.6 Å². The summed E-state index contributed by atoms with van der Waals surface area (Å²) in [5.41, 5.74) is 4.87. The largest absolute Gasteiger partial charge is 0.311 e. The number of fused-ring (bicyclic) bond motifs is 1. The van der Waals surface area contributed by atoms with Crippen molar-refractivity contribution in [2.45, 2.75) is 13.8 Å². The molecule has 2 heterocycles. The lowest BCUT2D eigenvalue weighted by molar-refractivity contribution is 0.0945. The van der Waals surface area contributed by atoms with Crippen LogP contribution >= 0.6 is 11.6 Å². The summed E-state index contributed by atoms with van der Waals surface area (Å²) in [5.74, 6) is -0.105. The Bertz CT molecular complexity index is 900. The first kappa shape index (κ1) is 15.1. The molecule has 0 fully saturated rings. The first-order valence-electron chi connectivity index (χ1n) is 6.83. The molecule has 0 aliphatic rings. The summed E-state index contributed by atoms with van der Waals surface area (Å²) >= 11 is 5.80. The molecule has 2 aromatic heterocycles. The summed E-state index contributed by atoms with van der Waals surface area (Å²) in [5, 5.41) is 8.65. The number of nitrogens with zero attached hydrogens (tertiary/aromatic N) is 5. The van der Waals surface area contributed by atoms with Crippen LogP contribution in [-0.4, -0.2) is 31.7 Å². The topological polar surface area (TPSA) is 84.5 Å². The summed E-state index contributed by atoms with van der Waals surface area (Å²) in [6, 6.07) is 8.92. The van der Waals surface area contributed by atoms with Crippen LogP contribution in [0.5, 0.6) is 0 Å². The average molecular weight is 329 g/mol. The number of hydrogen-bond acceptors (Lipinski definition) is 5. The van der Waals surface area contributed by atoms with Gasteiger partial charge in [-0.25, -0.2) is 14.9 Å². The molecule has 0 unspecified atom stereocenters. The third-order valence-corrected chi connectivity index (χ3v) is 3.32. The van der Waals surface area contributed by atoms with E-state index >= 15 is 0 Å². The average Bonchev–Trinajstić information content (AvgIpc) is 2.93. The zero-order valence-electron chi connectivity index (χ0n) is 12.5. The summed E-state index contributed by atoms with van der Waals surface area (Å²) in [7, 11) is 0. The SMILES string of the molecule is Cc1cc(C)n2nc(C(=O)N/N=C/c3ccc(Cl)cc3)nc2n1. The van der Waals surface area contributed by atoms with Gasteiger partial charge in [-0.05, 0) is 37.6 Å². The van der Waals surface area contributed by atoms with Crippen molar-refractivity contribution in [1.82, 2.24) is 25.0 Å². The van der Waals surface area contributed by atoms with Crippen LogP contribution in [0.4, 0.5) is 0 Å². The lowest BCUT2D eigenvalue weighted by Crippen LogP contribution is -2.19. The highest BCUT2D eigenvalue weighted by molar-refractivity contribution is 6.30. The van der Waals surface area contributed by atoms with E-state index in [1.54, 1.807) is 24.3 Å². The van der Waals surface area contributed by atoms with Gasteiger partial charge in [-0.1, -0.05) is 23.7 Å². The predicted molar refractivity (Wildman–Crippen MR) is 86.8 cm³/mol. The fourth-order valence-corrected chi connectivity index (χ4v) is 2.15. The molecule has 1 amide bonds. The third kappa shape index (κ3) is 3.35. The number of aromatic nitrogens is 4. The zero-order valence-corrected chi connectivity index (χ0v) is 13.2. The Hall–Kier alpha value is -2.80. The molecule has 0 saturated heterocycles. The van der Waals surface area contributed by atoms with E-state index in [4.69, 9.17) is 11.6 Å². The molecular formula is C15H13ClN6O. The minimum absolute atomic E-state index is 0.0134. The molecule has 3 aromatic rings. The Balaban J connectivity index is 1.75. The molecule has 0 atom stereocenters. The van der Waals surface area contributed by atoms with Crippen LogP contribution in [0, 0.1) is 13.8 Å². The minimum atomic E-state index is -0.502. The van der Waals surface area contributed by atoms with E-state index in [1.165, 1.54) is 10.7 Å². The van der Waals surface area contributed by atoms with Crippen LogP contribution in [0.3, 0.4) is 0 Å². The second-order valence-corrected chi connectivity index (χ2v) is 5.37. The predicted octanol–water partition coefficient (Wildman–Crippen LogP) is 2.16. The van der Waals surface area contributed by atoms with Crippen molar-refractivity contribution in [1.29, 1.82) is 0 Å². The van der Waals surface area contributed by atoms with Gasteiger partial charge in [0.25, 0.3) is 5.78 Å². The quantitative estimate of drug-likeness (QED) is 0.590. The van der Waals surface area contributed by atoms with E-state index in [9.17, 15) is 4.79 Å². The highest BCUT2D eigenvalue weighted by atomic mass is 35.5. The van der Waals surface area contributed by atoms with Crippen molar-refractivity contribution in [3.8, 4) is 0 Å². The van der Waals surface area contributed by atoms with Gasteiger partial charge in [-0.15, -0.1) is 5.10 Å². The molecule has 0 radical (unpaired) electrons. The van der Waals surface area contributed by atoms with E-state index < -0.39 is 5.91 Å². The van der Waals surface area contributed by atoms with E-state index in [1.807, 2.05) is 19.9 Å². The molecule has 0 saturated carbocycles. The van der Waals surface area contributed by atoms with Crippen molar-refractivity contribution in [3.63, 3.8) is 0 Å². The molecule has 3 rings (SSSR count). The maximum Gasteiger partial charge on any atom is 0.311 e. The van der Waals surface area contributed by atoms with Gasteiger partial charge in [0.15, 0.2) is 0 Å². The Kier molecular flexibility index (Phi) is 4.03. The van der Waals surface area contributed by atoms with E-state index in [-0.39, 0.29) is 5.82 Å². The molecule has 23 heavy (non-hydrogen) atoms. The van der Waals surface area contributed by atoms with Crippen LogP contribution in [0.25, 0.3) is 5.78 Å². The Morgan fingerprint density at radius 2 is 2.00 bits per heavy atom. The third-order valence-electron chi connectivity index (χ3n) is 3.07. The van der Waals surface area contributed by atoms with Gasteiger partial charge in [0.2, 0.25) is 5.82 Å². The van der Waals surface area contributed by atoms with Crippen molar-refractivity contribution in [2.24, 2.45) is 5.10 Å². The number of hydrazone groups is 1. The van der Waals surface area contributed by atoms with Gasteiger partial charge in [0.05, 0.1) is 6.21 Å². The maximum atomic E-state index is 12.0. The number of halogens is 1. The fourth-order valence-electron chi connectivity index (χ4n) is 2.03. The summed E-state index contributed by atoms with van der Waals surface area (Å²) in [6.07, 6.45) is 1.51. The highest BCUT2D eigenvalue weighted by Crippen LogP contribution is 2.08. The second-order valence-electron chi connectivity index (χ2n) is 4.94. The number of carbonyl (C=O) groups is 1. The number of hydrogen-bond donors (Lipinski definition) is 1. The Morgan fingerprint density at radius 3 is 2.74 bits per heavy atom. The smallest absolute Gasteiger partial charge is 0.264 e. The lowest BCUT2D eigenvalue weighted by atomic mass is 10.2. The first-order valence-corrected chi connectivity index (χ1v) is 7.21. The summed E-state index contributed by atoms with van der Waals surface area (Å²) in [6.45, 7) is 3.73. The van der Waals surface area contributed by atoms with Crippen LogP contribution < -0.4 is 5.43 Å². The van der Waals surface area contributed by atoms with Crippen molar-refractivity contribution in [2.75, 3.05) is 0 Å². The number of rotatable bonds is 3. The molecule has 8 heteroatoms. The van der Waals surface area contributed by atoms with E-state index in [2.05, 4.69) is 25.6 Å². The van der Waals surface area contributed by atoms with Crippen molar-refractivity contribution < 1.29 is 4.79 Å².